The highest BCUT2D eigenvalue weighted by atomic mass is 16.5. The molecule has 4 nitrogen and oxygen atoms in total. The van der Waals surface area contributed by atoms with Crippen LogP contribution in [0.3, 0.4) is 0 Å². The summed E-state index contributed by atoms with van der Waals surface area (Å²) < 4.78 is 13.2. The average Bonchev–Trinajstić information content (AvgIpc) is 2.46. The van der Waals surface area contributed by atoms with Gasteiger partial charge in [-0.1, -0.05) is 12.1 Å². The molecule has 0 aliphatic heterocycles. The second kappa shape index (κ2) is 6.97. The molecule has 0 fully saturated rings. The highest BCUT2D eigenvalue weighted by molar-refractivity contribution is 5.38. The largest absolute Gasteiger partial charge is 0.504 e. The molecule has 4 heteroatoms. The molecule has 0 radical (unpaired) electrons. The van der Waals surface area contributed by atoms with Crippen LogP contribution in [0, 0.1) is 13.8 Å². The minimum Gasteiger partial charge on any atom is -0.504 e. The number of aromatic hydroxyl groups is 1. The Hall–Kier alpha value is -2.23. The van der Waals surface area contributed by atoms with E-state index in [9.17, 15) is 5.11 Å². The molecule has 1 N–H and O–H groups in total. The van der Waals surface area contributed by atoms with E-state index in [0.717, 1.165) is 17.9 Å². The summed E-state index contributed by atoms with van der Waals surface area (Å²) >= 11 is 0. The second-order valence-corrected chi connectivity index (χ2v) is 5.09. The minimum absolute atomic E-state index is 0.171. The summed E-state index contributed by atoms with van der Waals surface area (Å²) in [4.78, 5) is 0. The molecule has 0 aliphatic carbocycles. The highest BCUT2D eigenvalue weighted by Crippen LogP contribution is 2.26. The number of hydrogen-bond donors (Lipinski definition) is 1. The van der Waals surface area contributed by atoms with E-state index in [0.29, 0.717) is 19.0 Å². The van der Waals surface area contributed by atoms with E-state index < -0.39 is 0 Å². The van der Waals surface area contributed by atoms with Gasteiger partial charge >= 0.3 is 0 Å². The van der Waals surface area contributed by atoms with Crippen molar-refractivity contribution >= 4 is 0 Å². The van der Waals surface area contributed by atoms with Crippen molar-refractivity contribution in [1.82, 2.24) is 0 Å². The maximum Gasteiger partial charge on any atom is 0.228 e. The van der Waals surface area contributed by atoms with Gasteiger partial charge in [0.2, 0.25) is 11.4 Å². The molecule has 1 aromatic heterocycles. The van der Waals surface area contributed by atoms with Crippen molar-refractivity contribution in [1.29, 1.82) is 0 Å². The molecule has 0 bridgehead atoms. The van der Waals surface area contributed by atoms with Crippen LogP contribution in [-0.2, 0) is 7.05 Å². The first-order valence-electron chi connectivity index (χ1n) is 7.08. The van der Waals surface area contributed by atoms with E-state index in [4.69, 9.17) is 9.47 Å². The number of pyridine rings is 1. The fourth-order valence-corrected chi connectivity index (χ4v) is 2.02. The number of hydrogen-bond acceptors (Lipinski definition) is 3. The Morgan fingerprint density at radius 1 is 1.10 bits per heavy atom. The van der Waals surface area contributed by atoms with Gasteiger partial charge in [0.05, 0.1) is 13.2 Å². The predicted octanol–water partition coefficient (Wildman–Crippen LogP) is 2.68. The molecule has 1 heterocycles. The van der Waals surface area contributed by atoms with Crippen LogP contribution in [-0.4, -0.2) is 18.3 Å². The van der Waals surface area contributed by atoms with Crippen LogP contribution in [0.15, 0.2) is 36.5 Å². The van der Waals surface area contributed by atoms with Crippen molar-refractivity contribution < 1.29 is 19.1 Å². The monoisotopic (exact) mass is 288 g/mol. The molecular weight excluding hydrogens is 266 g/mol. The summed E-state index contributed by atoms with van der Waals surface area (Å²) in [7, 11) is 1.92. The van der Waals surface area contributed by atoms with Gasteiger partial charge in [-0.15, -0.1) is 0 Å². The minimum atomic E-state index is 0.171. The third-order valence-electron chi connectivity index (χ3n) is 3.34. The SMILES string of the molecule is Cc1cccc(OCCCOc2c(O)cc[n+](C)c2C)c1. The van der Waals surface area contributed by atoms with Crippen molar-refractivity contribution in [2.45, 2.75) is 20.3 Å². The smallest absolute Gasteiger partial charge is 0.228 e. The van der Waals surface area contributed by atoms with Crippen LogP contribution < -0.4 is 14.0 Å². The molecule has 21 heavy (non-hydrogen) atoms. The molecule has 0 aliphatic rings. The van der Waals surface area contributed by atoms with Crippen molar-refractivity contribution in [3.63, 3.8) is 0 Å². The topological polar surface area (TPSA) is 42.6 Å². The first kappa shape index (κ1) is 15.2. The second-order valence-electron chi connectivity index (χ2n) is 5.09. The number of rotatable bonds is 6. The third kappa shape index (κ3) is 4.12. The van der Waals surface area contributed by atoms with E-state index in [1.165, 1.54) is 5.56 Å². The summed E-state index contributed by atoms with van der Waals surface area (Å²) in [6.07, 6.45) is 2.56. The van der Waals surface area contributed by atoms with E-state index >= 15 is 0 Å². The molecule has 0 saturated heterocycles. The zero-order valence-electron chi connectivity index (χ0n) is 12.8. The molecule has 112 valence electrons. The maximum atomic E-state index is 9.81. The normalized spacial score (nSPS) is 10.4. The maximum absolute atomic E-state index is 9.81. The van der Waals surface area contributed by atoms with E-state index in [2.05, 4.69) is 0 Å². The first-order valence-corrected chi connectivity index (χ1v) is 7.08. The lowest BCUT2D eigenvalue weighted by atomic mass is 10.2. The Labute approximate surface area is 125 Å². The Bertz CT molecular complexity index is 611. The molecule has 1 aromatic carbocycles. The summed E-state index contributed by atoms with van der Waals surface area (Å²) in [5.74, 6) is 1.58. The van der Waals surface area contributed by atoms with Crippen LogP contribution in [0.2, 0.25) is 0 Å². The molecule has 0 saturated carbocycles. The molecule has 0 spiro atoms. The lowest BCUT2D eigenvalue weighted by Gasteiger charge is -2.10. The van der Waals surface area contributed by atoms with E-state index in [-0.39, 0.29) is 5.75 Å². The Balaban J connectivity index is 1.79. The Morgan fingerprint density at radius 3 is 2.62 bits per heavy atom. The van der Waals surface area contributed by atoms with Gasteiger partial charge in [-0.05, 0) is 24.6 Å². The van der Waals surface area contributed by atoms with Gasteiger partial charge in [0, 0.05) is 19.4 Å². The van der Waals surface area contributed by atoms with Crippen molar-refractivity contribution in [3.05, 3.63) is 47.8 Å². The fourth-order valence-electron chi connectivity index (χ4n) is 2.02. The number of nitrogens with zero attached hydrogens (tertiary/aromatic N) is 1. The number of benzene rings is 1. The van der Waals surface area contributed by atoms with Gasteiger partial charge in [0.1, 0.15) is 12.8 Å². The molecular formula is C17H22NO3+. The number of ether oxygens (including phenoxy) is 2. The van der Waals surface area contributed by atoms with Gasteiger partial charge in [0.25, 0.3) is 0 Å². The van der Waals surface area contributed by atoms with Gasteiger partial charge in [-0.2, -0.15) is 0 Å². The lowest BCUT2D eigenvalue weighted by molar-refractivity contribution is -0.678. The van der Waals surface area contributed by atoms with Crippen LogP contribution >= 0.6 is 0 Å². The summed E-state index contributed by atoms with van der Waals surface area (Å²) in [6.45, 7) is 5.04. The molecule has 2 aromatic rings. The summed E-state index contributed by atoms with van der Waals surface area (Å²) in [5, 5.41) is 9.81. The van der Waals surface area contributed by atoms with Crippen LogP contribution in [0.4, 0.5) is 0 Å². The Morgan fingerprint density at radius 2 is 1.86 bits per heavy atom. The van der Waals surface area contributed by atoms with Gasteiger partial charge < -0.3 is 14.6 Å². The Kier molecular flexibility index (Phi) is 5.04. The van der Waals surface area contributed by atoms with E-state index in [1.54, 1.807) is 12.3 Å². The quantitative estimate of drug-likeness (QED) is 0.656. The van der Waals surface area contributed by atoms with Crippen molar-refractivity contribution in [2.75, 3.05) is 13.2 Å². The zero-order chi connectivity index (χ0) is 15.2. The standard InChI is InChI=1S/C17H21NO3/c1-13-6-4-7-15(12-13)20-10-5-11-21-17-14(2)18(3)9-8-16(17)19/h4,6-9,12H,5,10-11H2,1-3H3/p+1. The molecule has 0 atom stereocenters. The van der Waals surface area contributed by atoms with Crippen molar-refractivity contribution in [3.8, 4) is 17.2 Å². The third-order valence-corrected chi connectivity index (χ3v) is 3.34. The molecule has 0 unspecified atom stereocenters. The van der Waals surface area contributed by atoms with Gasteiger partial charge in [-0.3, -0.25) is 0 Å². The fraction of sp³-hybridized carbons (Fsp3) is 0.353. The van der Waals surface area contributed by atoms with Crippen molar-refractivity contribution in [2.24, 2.45) is 7.05 Å². The molecule has 2 rings (SSSR count). The predicted molar refractivity (Wildman–Crippen MR) is 80.8 cm³/mol. The number of aryl methyl sites for hydroxylation is 2. The van der Waals surface area contributed by atoms with Crippen LogP contribution in [0.1, 0.15) is 17.7 Å². The number of aromatic nitrogens is 1. The highest BCUT2D eigenvalue weighted by Gasteiger charge is 2.14. The van der Waals surface area contributed by atoms with Crippen LogP contribution in [0.5, 0.6) is 17.2 Å². The average molecular weight is 288 g/mol. The zero-order valence-corrected chi connectivity index (χ0v) is 12.8. The summed E-state index contributed by atoms with van der Waals surface area (Å²) in [5.41, 5.74) is 2.08. The van der Waals surface area contributed by atoms with Gasteiger partial charge in [-0.25, -0.2) is 4.57 Å². The first-order chi connectivity index (χ1) is 10.1. The lowest BCUT2D eigenvalue weighted by Crippen LogP contribution is -2.31. The summed E-state index contributed by atoms with van der Waals surface area (Å²) in [6, 6.07) is 9.60. The van der Waals surface area contributed by atoms with E-state index in [1.807, 2.05) is 49.7 Å². The molecule has 0 amide bonds. The van der Waals surface area contributed by atoms with Crippen LogP contribution in [0.25, 0.3) is 0 Å². The van der Waals surface area contributed by atoms with Gasteiger partial charge in [0.15, 0.2) is 11.9 Å².